The van der Waals surface area contributed by atoms with Crippen LogP contribution in [0.3, 0.4) is 0 Å². The predicted molar refractivity (Wildman–Crippen MR) is 129 cm³/mol. The first-order chi connectivity index (χ1) is 15.1. The summed E-state index contributed by atoms with van der Waals surface area (Å²) in [6, 6.07) is 1.98. The molecule has 0 bridgehead atoms. The highest BCUT2D eigenvalue weighted by Gasteiger charge is 2.42. The van der Waals surface area contributed by atoms with Crippen molar-refractivity contribution in [2.75, 3.05) is 12.0 Å². The Morgan fingerprint density at radius 1 is 1.25 bits per heavy atom. The number of esters is 1. The summed E-state index contributed by atoms with van der Waals surface area (Å²) in [5, 5.41) is 9.96. The maximum atomic E-state index is 13.7. The van der Waals surface area contributed by atoms with Gasteiger partial charge < -0.3 is 14.7 Å². The number of rotatable bonds is 5. The van der Waals surface area contributed by atoms with Crippen LogP contribution in [0.5, 0.6) is 0 Å². The lowest BCUT2D eigenvalue weighted by Gasteiger charge is -2.44. The molecule has 6 heteroatoms. The number of anilines is 1. The minimum Gasteiger partial charge on any atom is -0.465 e. The standard InChI is InChI=1S/C26H37NO4S/c1-17(28)15-19-11-12-21(18-9-7-6-8-10-18)27(24(19)29)22-16-20(13-14-26(2,3)4)32-23(22)25(30)31-5/h16-19,21,28H,6-12,15H2,1-5H3/t17-,19-,21+/m1/s1. The number of nitrogens with zero attached hydrogens (tertiary/aromatic N) is 1. The summed E-state index contributed by atoms with van der Waals surface area (Å²) in [4.78, 5) is 29.5. The molecule has 0 radical (unpaired) electrons. The van der Waals surface area contributed by atoms with Gasteiger partial charge in [0.15, 0.2) is 0 Å². The van der Waals surface area contributed by atoms with Crippen molar-refractivity contribution in [2.24, 2.45) is 17.3 Å². The van der Waals surface area contributed by atoms with Crippen LogP contribution in [0.1, 0.15) is 93.6 Å². The number of ether oxygens (including phenoxy) is 1. The van der Waals surface area contributed by atoms with Crippen molar-refractivity contribution >= 4 is 28.9 Å². The third kappa shape index (κ3) is 5.94. The molecule has 32 heavy (non-hydrogen) atoms. The predicted octanol–water partition coefficient (Wildman–Crippen LogP) is 5.40. The molecule has 176 valence electrons. The molecule has 1 aliphatic heterocycles. The van der Waals surface area contributed by atoms with Gasteiger partial charge in [0.2, 0.25) is 5.91 Å². The maximum absolute atomic E-state index is 13.7. The first-order valence-corrected chi connectivity index (χ1v) is 12.7. The maximum Gasteiger partial charge on any atom is 0.350 e. The summed E-state index contributed by atoms with van der Waals surface area (Å²) in [5.41, 5.74) is 0.472. The van der Waals surface area contributed by atoms with Gasteiger partial charge in [0.1, 0.15) is 4.88 Å². The molecule has 0 aromatic carbocycles. The molecule has 3 atom stereocenters. The molecular formula is C26H37NO4S. The zero-order valence-electron chi connectivity index (χ0n) is 20.1. The van der Waals surface area contributed by atoms with E-state index in [0.717, 1.165) is 30.6 Å². The topological polar surface area (TPSA) is 66.8 Å². The Hall–Kier alpha value is -1.84. The number of piperidine rings is 1. The monoisotopic (exact) mass is 459 g/mol. The number of hydrogen-bond donors (Lipinski definition) is 1. The van der Waals surface area contributed by atoms with Crippen molar-refractivity contribution in [3.63, 3.8) is 0 Å². The molecule has 0 spiro atoms. The van der Waals surface area contributed by atoms with E-state index in [1.54, 1.807) is 6.92 Å². The summed E-state index contributed by atoms with van der Waals surface area (Å²) in [5.74, 6) is 6.23. The highest BCUT2D eigenvalue weighted by Crippen LogP contribution is 2.42. The fourth-order valence-electron chi connectivity index (χ4n) is 4.99. The lowest BCUT2D eigenvalue weighted by Crippen LogP contribution is -2.52. The molecule has 1 aromatic heterocycles. The van der Waals surface area contributed by atoms with E-state index in [9.17, 15) is 14.7 Å². The molecule has 2 heterocycles. The summed E-state index contributed by atoms with van der Waals surface area (Å²) < 4.78 is 5.08. The van der Waals surface area contributed by atoms with Gasteiger partial charge in [0.25, 0.3) is 0 Å². The second kappa shape index (κ2) is 10.4. The molecule has 0 unspecified atom stereocenters. The number of methoxy groups -OCH3 is 1. The van der Waals surface area contributed by atoms with E-state index >= 15 is 0 Å². The summed E-state index contributed by atoms with van der Waals surface area (Å²) in [6.45, 7) is 7.87. The Labute approximate surface area is 196 Å². The number of carbonyl (C=O) groups is 2. The van der Waals surface area contributed by atoms with Gasteiger partial charge >= 0.3 is 5.97 Å². The average molecular weight is 460 g/mol. The molecule has 1 N–H and O–H groups in total. The molecule has 1 aromatic rings. The minimum atomic E-state index is -0.534. The van der Waals surface area contributed by atoms with E-state index in [4.69, 9.17) is 4.74 Å². The summed E-state index contributed by atoms with van der Waals surface area (Å²) >= 11 is 1.30. The number of aliphatic hydroxyl groups excluding tert-OH is 1. The van der Waals surface area contributed by atoms with Crippen molar-refractivity contribution in [2.45, 2.75) is 91.2 Å². The van der Waals surface area contributed by atoms with E-state index in [1.807, 2.05) is 31.7 Å². The lowest BCUT2D eigenvalue weighted by atomic mass is 9.77. The molecular weight excluding hydrogens is 422 g/mol. The molecule has 1 amide bonds. The van der Waals surface area contributed by atoms with E-state index in [-0.39, 0.29) is 23.3 Å². The Morgan fingerprint density at radius 3 is 2.53 bits per heavy atom. The van der Waals surface area contributed by atoms with Gasteiger partial charge in [0.05, 0.1) is 23.8 Å². The van der Waals surface area contributed by atoms with E-state index in [2.05, 4.69) is 11.8 Å². The van der Waals surface area contributed by atoms with Crippen molar-refractivity contribution in [1.29, 1.82) is 0 Å². The van der Waals surface area contributed by atoms with Gasteiger partial charge in [-0.15, -0.1) is 11.3 Å². The van der Waals surface area contributed by atoms with Crippen LogP contribution in [0.2, 0.25) is 0 Å². The lowest BCUT2D eigenvalue weighted by molar-refractivity contribution is -0.126. The van der Waals surface area contributed by atoms with Crippen LogP contribution in [0.25, 0.3) is 0 Å². The third-order valence-corrected chi connectivity index (χ3v) is 7.47. The van der Waals surface area contributed by atoms with Gasteiger partial charge in [-0.3, -0.25) is 4.79 Å². The Kier molecular flexibility index (Phi) is 8.06. The second-order valence-corrected chi connectivity index (χ2v) is 11.4. The summed E-state index contributed by atoms with van der Waals surface area (Å²) in [6.07, 6.45) is 7.46. The fraction of sp³-hybridized carbons (Fsp3) is 0.692. The molecule has 2 aliphatic rings. The zero-order valence-corrected chi connectivity index (χ0v) is 20.9. The average Bonchev–Trinajstić information content (AvgIpc) is 3.17. The molecule has 3 rings (SSSR count). The zero-order chi connectivity index (χ0) is 23.5. The van der Waals surface area contributed by atoms with Crippen LogP contribution in [-0.4, -0.2) is 36.2 Å². The summed E-state index contributed by atoms with van der Waals surface area (Å²) in [7, 11) is 1.37. The van der Waals surface area contributed by atoms with Crippen LogP contribution in [0, 0.1) is 29.1 Å². The Balaban J connectivity index is 2.06. The smallest absolute Gasteiger partial charge is 0.350 e. The molecule has 2 fully saturated rings. The first kappa shape index (κ1) is 24.8. The molecule has 5 nitrogen and oxygen atoms in total. The number of aliphatic hydroxyl groups is 1. The number of hydrogen-bond acceptors (Lipinski definition) is 5. The number of amides is 1. The van der Waals surface area contributed by atoms with Gasteiger partial charge in [0, 0.05) is 17.4 Å². The van der Waals surface area contributed by atoms with Gasteiger partial charge in [-0.2, -0.15) is 0 Å². The highest BCUT2D eigenvalue weighted by atomic mass is 32.1. The molecule has 1 saturated heterocycles. The van der Waals surface area contributed by atoms with Gasteiger partial charge in [-0.05, 0) is 71.8 Å². The van der Waals surface area contributed by atoms with Crippen molar-refractivity contribution in [1.82, 2.24) is 0 Å². The van der Waals surface area contributed by atoms with Crippen molar-refractivity contribution < 1.29 is 19.4 Å². The van der Waals surface area contributed by atoms with Gasteiger partial charge in [-0.1, -0.05) is 31.1 Å². The first-order valence-electron chi connectivity index (χ1n) is 11.9. The fourth-order valence-corrected chi connectivity index (χ4v) is 5.91. The number of carbonyl (C=O) groups excluding carboxylic acids is 2. The van der Waals surface area contributed by atoms with E-state index in [0.29, 0.717) is 22.9 Å². The highest BCUT2D eigenvalue weighted by molar-refractivity contribution is 7.15. The van der Waals surface area contributed by atoms with E-state index in [1.165, 1.54) is 37.7 Å². The number of thiophene rings is 1. The Bertz CT molecular complexity index is 880. The van der Waals surface area contributed by atoms with Crippen LogP contribution in [0.4, 0.5) is 5.69 Å². The van der Waals surface area contributed by atoms with Gasteiger partial charge in [-0.25, -0.2) is 4.79 Å². The van der Waals surface area contributed by atoms with Crippen LogP contribution < -0.4 is 4.90 Å². The van der Waals surface area contributed by atoms with Crippen LogP contribution >= 0.6 is 11.3 Å². The Morgan fingerprint density at radius 2 is 1.94 bits per heavy atom. The SMILES string of the molecule is COC(=O)c1sc(C#CC(C)(C)C)cc1N1C(=O)[C@@H](C[C@@H](C)O)CC[C@H]1C1CCCCC1. The van der Waals surface area contributed by atoms with E-state index < -0.39 is 12.1 Å². The molecule has 1 saturated carbocycles. The van der Waals surface area contributed by atoms with Crippen LogP contribution in [-0.2, 0) is 9.53 Å². The second-order valence-electron chi connectivity index (χ2n) is 10.3. The third-order valence-electron chi connectivity index (χ3n) is 6.45. The van der Waals surface area contributed by atoms with Crippen molar-refractivity contribution in [3.05, 3.63) is 15.8 Å². The molecule has 1 aliphatic carbocycles. The van der Waals surface area contributed by atoms with Crippen LogP contribution in [0.15, 0.2) is 6.07 Å². The van der Waals surface area contributed by atoms with Crippen molar-refractivity contribution in [3.8, 4) is 11.8 Å². The quantitative estimate of drug-likeness (QED) is 0.473. The largest absolute Gasteiger partial charge is 0.465 e. The normalized spacial score (nSPS) is 23.4. The minimum absolute atomic E-state index is 0.0195.